The molecule has 8 heteroatoms. The molecule has 1 N–H and O–H groups in total. The number of aromatic nitrogens is 1. The van der Waals surface area contributed by atoms with Gasteiger partial charge in [-0.1, -0.05) is 5.16 Å². The van der Waals surface area contributed by atoms with Gasteiger partial charge in [-0.3, -0.25) is 9.78 Å². The van der Waals surface area contributed by atoms with E-state index in [9.17, 15) is 4.79 Å². The highest BCUT2D eigenvalue weighted by atomic mass is 32.2. The lowest BCUT2D eigenvalue weighted by atomic mass is 10.1. The number of rotatable bonds is 8. The molecule has 2 aromatic rings. The van der Waals surface area contributed by atoms with Gasteiger partial charge in [-0.2, -0.15) is 0 Å². The minimum absolute atomic E-state index is 0.256. The Morgan fingerprint density at radius 3 is 2.69 bits per heavy atom. The van der Waals surface area contributed by atoms with Crippen LogP contribution < -0.4 is 14.8 Å². The van der Waals surface area contributed by atoms with Gasteiger partial charge in [0.1, 0.15) is 18.6 Å². The number of thioether (sulfide) groups is 1. The molecule has 0 radical (unpaired) electrons. The highest BCUT2D eigenvalue weighted by molar-refractivity contribution is 7.99. The average molecular weight is 377 g/mol. The number of fused-ring (bicyclic) bond motifs is 1. The minimum atomic E-state index is -0.707. The fourth-order valence-electron chi connectivity index (χ4n) is 2.20. The molecule has 1 aromatic carbocycles. The second-order valence-electron chi connectivity index (χ2n) is 6.04. The van der Waals surface area contributed by atoms with E-state index in [2.05, 4.69) is 20.3 Å². The summed E-state index contributed by atoms with van der Waals surface area (Å²) < 4.78 is 11.1. The number of nitrogens with zero attached hydrogens (tertiary/aromatic N) is 2. The summed E-state index contributed by atoms with van der Waals surface area (Å²) >= 11 is 1.30. The standard InChI is InChI=1S/C18H23N3O4S/c1-18(2,11-20-24-4)21-16(22)17(26-5)25-13-6-7-15-12(8-13)9-14(23-3)10-19-15/h6-11,17H,1-5H3,(H,21,22)/b20-11+. The summed E-state index contributed by atoms with van der Waals surface area (Å²) in [5.41, 5.74) is -0.549. The lowest BCUT2D eigenvalue weighted by Gasteiger charge is -2.24. The van der Waals surface area contributed by atoms with Crippen molar-refractivity contribution in [3.05, 3.63) is 30.5 Å². The highest BCUT2D eigenvalue weighted by Crippen LogP contribution is 2.25. The Morgan fingerprint density at radius 1 is 1.31 bits per heavy atom. The summed E-state index contributed by atoms with van der Waals surface area (Å²) in [6, 6.07) is 7.33. The van der Waals surface area contributed by atoms with Crippen molar-refractivity contribution in [3.8, 4) is 11.5 Å². The molecule has 0 bridgehead atoms. The Morgan fingerprint density at radius 2 is 2.04 bits per heavy atom. The molecule has 0 saturated heterocycles. The summed E-state index contributed by atoms with van der Waals surface area (Å²) in [4.78, 5) is 21.5. The van der Waals surface area contributed by atoms with Gasteiger partial charge in [0.25, 0.3) is 5.91 Å². The number of benzene rings is 1. The number of ether oxygens (including phenoxy) is 2. The molecule has 0 aliphatic carbocycles. The number of carbonyl (C=O) groups excluding carboxylic acids is 1. The maximum Gasteiger partial charge on any atom is 0.272 e. The molecule has 26 heavy (non-hydrogen) atoms. The minimum Gasteiger partial charge on any atom is -0.495 e. The quantitative estimate of drug-likeness (QED) is 0.433. The van der Waals surface area contributed by atoms with E-state index in [4.69, 9.17) is 9.47 Å². The van der Waals surface area contributed by atoms with Crippen LogP contribution in [0.15, 0.2) is 35.6 Å². The van der Waals surface area contributed by atoms with Crippen LogP contribution in [-0.4, -0.2) is 48.6 Å². The number of amides is 1. The largest absolute Gasteiger partial charge is 0.495 e. The number of carbonyl (C=O) groups is 1. The van der Waals surface area contributed by atoms with E-state index in [0.29, 0.717) is 11.5 Å². The first kappa shape index (κ1) is 19.8. The summed E-state index contributed by atoms with van der Waals surface area (Å²) in [7, 11) is 3.04. The van der Waals surface area contributed by atoms with Crippen molar-refractivity contribution in [1.82, 2.24) is 10.3 Å². The lowest BCUT2D eigenvalue weighted by Crippen LogP contribution is -2.49. The van der Waals surface area contributed by atoms with Gasteiger partial charge in [-0.05, 0) is 44.4 Å². The molecule has 0 saturated carbocycles. The van der Waals surface area contributed by atoms with E-state index >= 15 is 0 Å². The number of pyridine rings is 1. The van der Waals surface area contributed by atoms with Crippen molar-refractivity contribution in [2.24, 2.45) is 5.16 Å². The molecule has 0 aliphatic rings. The van der Waals surface area contributed by atoms with Crippen LogP contribution in [-0.2, 0) is 9.63 Å². The molecule has 1 atom stereocenters. The molecule has 1 amide bonds. The maximum absolute atomic E-state index is 12.5. The molecular formula is C18H23N3O4S. The summed E-state index contributed by atoms with van der Waals surface area (Å²) in [6.07, 6.45) is 4.99. The van der Waals surface area contributed by atoms with Crippen LogP contribution in [0.2, 0.25) is 0 Å². The van der Waals surface area contributed by atoms with Crippen LogP contribution >= 0.6 is 11.8 Å². The Labute approximate surface area is 157 Å². The maximum atomic E-state index is 12.5. The third-order valence-corrected chi connectivity index (χ3v) is 4.20. The van der Waals surface area contributed by atoms with Crippen LogP contribution in [0.1, 0.15) is 13.8 Å². The Hall–Kier alpha value is -2.48. The monoisotopic (exact) mass is 377 g/mol. The van der Waals surface area contributed by atoms with Gasteiger partial charge >= 0.3 is 0 Å². The normalized spacial score (nSPS) is 12.8. The zero-order valence-electron chi connectivity index (χ0n) is 15.5. The fraction of sp³-hybridized carbons (Fsp3) is 0.389. The van der Waals surface area contributed by atoms with Crippen LogP contribution in [0.3, 0.4) is 0 Å². The van der Waals surface area contributed by atoms with Crippen molar-refractivity contribution in [2.45, 2.75) is 24.8 Å². The van der Waals surface area contributed by atoms with Crippen LogP contribution in [0.25, 0.3) is 10.9 Å². The number of hydrogen-bond donors (Lipinski definition) is 1. The molecule has 1 unspecified atom stereocenters. The molecule has 0 spiro atoms. The van der Waals surface area contributed by atoms with E-state index in [1.165, 1.54) is 25.1 Å². The summed E-state index contributed by atoms with van der Waals surface area (Å²) in [6.45, 7) is 3.64. The van der Waals surface area contributed by atoms with Crippen molar-refractivity contribution < 1.29 is 19.1 Å². The fourth-order valence-corrected chi connectivity index (χ4v) is 2.68. The van der Waals surface area contributed by atoms with E-state index < -0.39 is 11.0 Å². The second kappa shape index (κ2) is 8.75. The number of oxime groups is 1. The van der Waals surface area contributed by atoms with Crippen LogP contribution in [0, 0.1) is 0 Å². The van der Waals surface area contributed by atoms with E-state index in [0.717, 1.165) is 10.9 Å². The third kappa shape index (κ3) is 5.26. The number of methoxy groups -OCH3 is 1. The first-order chi connectivity index (χ1) is 12.4. The van der Waals surface area contributed by atoms with Crippen molar-refractivity contribution >= 4 is 34.8 Å². The predicted molar refractivity (Wildman–Crippen MR) is 104 cm³/mol. The smallest absolute Gasteiger partial charge is 0.272 e. The van der Waals surface area contributed by atoms with E-state index in [-0.39, 0.29) is 5.91 Å². The molecular weight excluding hydrogens is 354 g/mol. The zero-order valence-corrected chi connectivity index (χ0v) is 16.3. The Bertz CT molecular complexity index is 795. The Kier molecular flexibility index (Phi) is 6.68. The van der Waals surface area contributed by atoms with E-state index in [1.807, 2.05) is 38.3 Å². The van der Waals surface area contributed by atoms with Crippen molar-refractivity contribution in [2.75, 3.05) is 20.5 Å². The zero-order chi connectivity index (χ0) is 19.2. The van der Waals surface area contributed by atoms with Gasteiger partial charge in [-0.15, -0.1) is 11.8 Å². The summed E-state index contributed by atoms with van der Waals surface area (Å²) in [5.74, 6) is 0.979. The molecule has 140 valence electrons. The molecule has 2 rings (SSSR count). The van der Waals surface area contributed by atoms with Gasteiger partial charge in [-0.25, -0.2) is 0 Å². The van der Waals surface area contributed by atoms with E-state index in [1.54, 1.807) is 19.4 Å². The third-order valence-electron chi connectivity index (χ3n) is 3.46. The summed E-state index contributed by atoms with van der Waals surface area (Å²) in [5, 5.41) is 7.45. The lowest BCUT2D eigenvalue weighted by molar-refractivity contribution is -0.125. The second-order valence-corrected chi connectivity index (χ2v) is 6.94. The highest BCUT2D eigenvalue weighted by Gasteiger charge is 2.26. The predicted octanol–water partition coefficient (Wildman–Crippen LogP) is 2.84. The van der Waals surface area contributed by atoms with Crippen LogP contribution in [0.4, 0.5) is 0 Å². The van der Waals surface area contributed by atoms with Gasteiger partial charge in [0.05, 0.1) is 30.6 Å². The first-order valence-electron chi connectivity index (χ1n) is 7.91. The topological polar surface area (TPSA) is 82.0 Å². The van der Waals surface area contributed by atoms with Crippen molar-refractivity contribution in [1.29, 1.82) is 0 Å². The number of nitrogens with one attached hydrogen (secondary N) is 1. The van der Waals surface area contributed by atoms with Gasteiger partial charge in [0.15, 0.2) is 0 Å². The molecule has 1 heterocycles. The van der Waals surface area contributed by atoms with Crippen molar-refractivity contribution in [3.63, 3.8) is 0 Å². The molecule has 0 fully saturated rings. The van der Waals surface area contributed by atoms with Gasteiger partial charge in [0.2, 0.25) is 5.44 Å². The Balaban J connectivity index is 2.14. The molecule has 0 aliphatic heterocycles. The van der Waals surface area contributed by atoms with Gasteiger partial charge < -0.3 is 19.6 Å². The first-order valence-corrected chi connectivity index (χ1v) is 9.20. The van der Waals surface area contributed by atoms with Gasteiger partial charge in [0, 0.05) is 5.39 Å². The molecule has 1 aromatic heterocycles. The van der Waals surface area contributed by atoms with Crippen LogP contribution in [0.5, 0.6) is 11.5 Å². The average Bonchev–Trinajstić information content (AvgIpc) is 2.63. The molecule has 7 nitrogen and oxygen atoms in total. The SMILES string of the molecule is CO/N=C/C(C)(C)NC(=O)C(Oc1ccc2ncc(OC)cc2c1)SC. The number of hydrogen-bond acceptors (Lipinski definition) is 7.